The molecule has 10 rings (SSSR count). The molecule has 1 aromatic heterocycles. The number of furan rings is 1. The number of aliphatic imine (C=N–C) groups is 1. The monoisotopic (exact) mass is 637 g/mol. The van der Waals surface area contributed by atoms with E-state index >= 15 is 0 Å². The van der Waals surface area contributed by atoms with E-state index in [0.29, 0.717) is 6.54 Å². The molecule has 0 aliphatic rings. The van der Waals surface area contributed by atoms with E-state index in [1.807, 2.05) is 18.3 Å². The van der Waals surface area contributed by atoms with E-state index in [1.54, 1.807) is 6.26 Å². The maximum atomic E-state index is 5.58. The maximum Gasteiger partial charge on any atom is 0.144 e. The molecule has 0 saturated carbocycles. The van der Waals surface area contributed by atoms with E-state index in [9.17, 15) is 0 Å². The summed E-state index contributed by atoms with van der Waals surface area (Å²) in [5.41, 5.74) is 6.04. The minimum atomic E-state index is 0.523. The largest absolute Gasteiger partial charge is 0.463 e. The minimum Gasteiger partial charge on any atom is -0.463 e. The van der Waals surface area contributed by atoms with Crippen molar-refractivity contribution in [1.82, 2.24) is 0 Å². The van der Waals surface area contributed by atoms with Gasteiger partial charge in [0.05, 0.1) is 19.0 Å². The molecule has 0 spiro atoms. The van der Waals surface area contributed by atoms with Crippen molar-refractivity contribution < 1.29 is 4.42 Å². The van der Waals surface area contributed by atoms with Gasteiger partial charge in [0.15, 0.2) is 0 Å². The first-order valence-electron chi connectivity index (χ1n) is 17.1. The number of nitrogens with zero attached hydrogens (tertiary/aromatic N) is 1. The Morgan fingerprint density at radius 3 is 1.54 bits per heavy atom. The predicted molar refractivity (Wildman–Crippen MR) is 212 cm³/mol. The van der Waals surface area contributed by atoms with E-state index in [-0.39, 0.29) is 0 Å². The summed E-state index contributed by atoms with van der Waals surface area (Å²) in [6.07, 6.45) is 3.52. The lowest BCUT2D eigenvalue weighted by Gasteiger charge is -2.19. The highest BCUT2D eigenvalue weighted by Gasteiger charge is 2.18. The third kappa shape index (κ3) is 4.76. The molecule has 234 valence electrons. The van der Waals surface area contributed by atoms with Crippen molar-refractivity contribution in [2.24, 2.45) is 4.99 Å². The molecule has 0 saturated heterocycles. The van der Waals surface area contributed by atoms with Crippen molar-refractivity contribution in [3.05, 3.63) is 181 Å². The van der Waals surface area contributed by atoms with Gasteiger partial charge in [-0.3, -0.25) is 4.99 Å². The van der Waals surface area contributed by atoms with Crippen molar-refractivity contribution in [3.63, 3.8) is 0 Å². The third-order valence-electron chi connectivity index (χ3n) is 10.1. The number of benzene rings is 9. The molecule has 0 N–H and O–H groups in total. The molecular formula is C48H31NO. The fourth-order valence-corrected chi connectivity index (χ4v) is 7.82. The van der Waals surface area contributed by atoms with Crippen LogP contribution in [0.4, 0.5) is 0 Å². The minimum absolute atomic E-state index is 0.523. The van der Waals surface area contributed by atoms with Gasteiger partial charge >= 0.3 is 0 Å². The quantitative estimate of drug-likeness (QED) is 0.136. The molecule has 50 heavy (non-hydrogen) atoms. The second-order valence-electron chi connectivity index (χ2n) is 13.1. The Hall–Kier alpha value is -6.51. The topological polar surface area (TPSA) is 25.5 Å². The molecule has 0 bridgehead atoms. The normalized spacial score (nSPS) is 12.0. The standard InChI is InChI=1S/C48H31NO/c1-3-12-33-26-45-39(22-31(33)10-1)24-35-14-5-7-17-42(35)47(45)37-19-20-38(29-49-30-41-16-9-21-50-41)44(28-37)48-43-18-8-6-15-36(43)25-40-23-32-11-2-4-13-34(32)27-46(40)48/h1-28,30H,29H2. The third-order valence-corrected chi connectivity index (χ3v) is 10.1. The summed E-state index contributed by atoms with van der Waals surface area (Å²) in [6, 6.07) is 59.8. The Kier molecular flexibility index (Phi) is 6.60. The van der Waals surface area contributed by atoms with E-state index in [4.69, 9.17) is 9.41 Å². The van der Waals surface area contributed by atoms with Gasteiger partial charge in [0.25, 0.3) is 0 Å². The number of hydrogen-bond acceptors (Lipinski definition) is 2. The van der Waals surface area contributed by atoms with Crippen LogP contribution in [0.2, 0.25) is 0 Å². The molecule has 2 nitrogen and oxygen atoms in total. The number of rotatable bonds is 5. The Labute approximate surface area is 289 Å². The zero-order chi connectivity index (χ0) is 33.0. The summed E-state index contributed by atoms with van der Waals surface area (Å²) >= 11 is 0. The van der Waals surface area contributed by atoms with Crippen LogP contribution in [0.15, 0.2) is 179 Å². The number of fused-ring (bicyclic) bond motifs is 6. The molecule has 0 unspecified atom stereocenters. The zero-order valence-electron chi connectivity index (χ0n) is 27.3. The van der Waals surface area contributed by atoms with Crippen LogP contribution in [0.5, 0.6) is 0 Å². The molecule has 0 atom stereocenters. The smallest absolute Gasteiger partial charge is 0.144 e. The van der Waals surface area contributed by atoms with Crippen LogP contribution < -0.4 is 0 Å². The molecule has 0 aliphatic heterocycles. The summed E-state index contributed by atoms with van der Waals surface area (Å²) in [5, 5.41) is 14.9. The average molecular weight is 638 g/mol. The van der Waals surface area contributed by atoms with Crippen molar-refractivity contribution in [3.8, 4) is 22.3 Å². The molecule has 10 aromatic rings. The lowest BCUT2D eigenvalue weighted by molar-refractivity contribution is 0.560. The lowest BCUT2D eigenvalue weighted by Crippen LogP contribution is -1.95. The molecule has 0 amide bonds. The van der Waals surface area contributed by atoms with Crippen LogP contribution >= 0.6 is 0 Å². The van der Waals surface area contributed by atoms with Crippen LogP contribution in [0.1, 0.15) is 11.3 Å². The molecule has 2 heteroatoms. The summed E-state index contributed by atoms with van der Waals surface area (Å²) in [5.74, 6) is 0.750. The SMILES string of the molecule is C(=NCc1ccc(-c2c3ccccc3cc3cc4ccccc4cc23)cc1-c1c2ccccc2cc2cc3ccccc3cc12)c1ccco1. The van der Waals surface area contributed by atoms with Gasteiger partial charge in [-0.25, -0.2) is 0 Å². The zero-order valence-corrected chi connectivity index (χ0v) is 27.3. The molecule has 1 heterocycles. The fraction of sp³-hybridized carbons (Fsp3) is 0.0208. The summed E-state index contributed by atoms with van der Waals surface area (Å²) in [6.45, 7) is 0.523. The highest BCUT2D eigenvalue weighted by atomic mass is 16.3. The second-order valence-corrected chi connectivity index (χ2v) is 13.1. The van der Waals surface area contributed by atoms with Crippen molar-refractivity contribution in [2.75, 3.05) is 0 Å². The highest BCUT2D eigenvalue weighted by Crippen LogP contribution is 2.44. The van der Waals surface area contributed by atoms with Gasteiger partial charge in [-0.15, -0.1) is 0 Å². The van der Waals surface area contributed by atoms with Crippen LogP contribution in [0.3, 0.4) is 0 Å². The van der Waals surface area contributed by atoms with Crippen molar-refractivity contribution in [1.29, 1.82) is 0 Å². The molecular weight excluding hydrogens is 607 g/mol. The van der Waals surface area contributed by atoms with Crippen LogP contribution in [0.25, 0.3) is 86.9 Å². The van der Waals surface area contributed by atoms with Gasteiger partial charge < -0.3 is 4.42 Å². The van der Waals surface area contributed by atoms with Gasteiger partial charge in [-0.05, 0) is 147 Å². The van der Waals surface area contributed by atoms with Gasteiger partial charge in [0.1, 0.15) is 5.76 Å². The van der Waals surface area contributed by atoms with Gasteiger partial charge in [-0.2, -0.15) is 0 Å². The first-order valence-corrected chi connectivity index (χ1v) is 17.1. The molecule has 0 radical (unpaired) electrons. The predicted octanol–water partition coefficient (Wildman–Crippen LogP) is 13.2. The van der Waals surface area contributed by atoms with E-state index in [0.717, 1.165) is 11.3 Å². The first-order chi connectivity index (χ1) is 24.8. The number of hydrogen-bond donors (Lipinski definition) is 0. The fourth-order valence-electron chi connectivity index (χ4n) is 7.82. The van der Waals surface area contributed by atoms with Gasteiger partial charge in [-0.1, -0.05) is 109 Å². The van der Waals surface area contributed by atoms with E-state index in [2.05, 4.69) is 152 Å². The lowest BCUT2D eigenvalue weighted by atomic mass is 9.85. The second kappa shape index (κ2) is 11.6. The molecule has 0 fully saturated rings. The van der Waals surface area contributed by atoms with Crippen LogP contribution in [-0.4, -0.2) is 6.21 Å². The summed E-state index contributed by atoms with van der Waals surface area (Å²) in [4.78, 5) is 4.90. The van der Waals surface area contributed by atoms with Crippen molar-refractivity contribution >= 4 is 70.8 Å². The Morgan fingerprint density at radius 2 is 0.940 bits per heavy atom. The Bertz CT molecular complexity index is 2940. The van der Waals surface area contributed by atoms with Gasteiger partial charge in [0.2, 0.25) is 0 Å². The average Bonchev–Trinajstić information content (AvgIpc) is 3.68. The maximum absolute atomic E-state index is 5.58. The molecule has 0 aliphatic carbocycles. The summed E-state index contributed by atoms with van der Waals surface area (Å²) in [7, 11) is 0. The van der Waals surface area contributed by atoms with Gasteiger partial charge in [0, 0.05) is 0 Å². The summed E-state index contributed by atoms with van der Waals surface area (Å²) < 4.78 is 5.58. The van der Waals surface area contributed by atoms with Crippen LogP contribution in [0, 0.1) is 0 Å². The van der Waals surface area contributed by atoms with Crippen molar-refractivity contribution in [2.45, 2.75) is 6.54 Å². The Balaban J connectivity index is 1.30. The Morgan fingerprint density at radius 1 is 0.420 bits per heavy atom. The van der Waals surface area contributed by atoms with Crippen LogP contribution in [-0.2, 0) is 6.54 Å². The van der Waals surface area contributed by atoms with E-state index < -0.39 is 0 Å². The highest BCUT2D eigenvalue weighted by molar-refractivity contribution is 6.18. The first kappa shape index (κ1) is 28.5. The van der Waals surface area contributed by atoms with E-state index in [1.165, 1.54) is 86.9 Å². The molecule has 9 aromatic carbocycles.